The number of methoxy groups -OCH3 is 1. The van der Waals surface area contributed by atoms with Gasteiger partial charge in [-0.3, -0.25) is 4.79 Å². The molecule has 3 rings (SSSR count). The van der Waals surface area contributed by atoms with Gasteiger partial charge in [0.2, 0.25) is 11.7 Å². The quantitative estimate of drug-likeness (QED) is 0.749. The fourth-order valence-corrected chi connectivity index (χ4v) is 2.49. The average Bonchev–Trinajstić information content (AvgIpc) is 3.12. The summed E-state index contributed by atoms with van der Waals surface area (Å²) >= 11 is 6.14. The van der Waals surface area contributed by atoms with Gasteiger partial charge >= 0.3 is 0 Å². The van der Waals surface area contributed by atoms with Crippen molar-refractivity contribution in [3.8, 4) is 17.1 Å². The van der Waals surface area contributed by atoms with Crippen molar-refractivity contribution in [3.63, 3.8) is 0 Å². The van der Waals surface area contributed by atoms with Gasteiger partial charge in [-0.1, -0.05) is 35.0 Å². The highest BCUT2D eigenvalue weighted by atomic mass is 35.5. The molecule has 2 aromatic carbocycles. The van der Waals surface area contributed by atoms with Gasteiger partial charge in [0.15, 0.2) is 0 Å². The van der Waals surface area contributed by atoms with Gasteiger partial charge in [0.05, 0.1) is 12.1 Å². The number of nitrogens with one attached hydrogen (secondary N) is 1. The Morgan fingerprint density at radius 2 is 2.04 bits per heavy atom. The Labute approximate surface area is 149 Å². The van der Waals surface area contributed by atoms with E-state index >= 15 is 0 Å². The molecule has 0 unspecified atom stereocenters. The van der Waals surface area contributed by atoms with Crippen molar-refractivity contribution in [1.29, 1.82) is 0 Å². The van der Waals surface area contributed by atoms with E-state index < -0.39 is 6.04 Å². The van der Waals surface area contributed by atoms with Crippen LogP contribution >= 0.6 is 11.6 Å². The van der Waals surface area contributed by atoms with E-state index in [0.29, 0.717) is 33.6 Å². The molecule has 0 spiro atoms. The van der Waals surface area contributed by atoms with Crippen LogP contribution in [0.5, 0.6) is 5.75 Å². The van der Waals surface area contributed by atoms with Gasteiger partial charge in [-0.15, -0.1) is 0 Å². The number of amides is 1. The van der Waals surface area contributed by atoms with Gasteiger partial charge in [-0.25, -0.2) is 0 Å². The molecule has 0 bridgehead atoms. The van der Waals surface area contributed by atoms with Crippen LogP contribution in [0.3, 0.4) is 0 Å². The van der Waals surface area contributed by atoms with Crippen molar-refractivity contribution in [2.75, 3.05) is 7.11 Å². The molecule has 25 heavy (non-hydrogen) atoms. The third-order valence-electron chi connectivity index (χ3n) is 3.61. The maximum Gasteiger partial charge on any atom is 0.252 e. The number of carbonyl (C=O) groups excluding carboxylic acids is 1. The lowest BCUT2D eigenvalue weighted by atomic mass is 10.2. The Balaban J connectivity index is 1.74. The van der Waals surface area contributed by atoms with E-state index in [-0.39, 0.29) is 5.91 Å². The van der Waals surface area contributed by atoms with Crippen molar-refractivity contribution >= 4 is 17.5 Å². The first-order valence-electron chi connectivity index (χ1n) is 7.62. The number of hydrogen-bond donors (Lipinski definition) is 1. The van der Waals surface area contributed by atoms with E-state index in [4.69, 9.17) is 20.9 Å². The zero-order valence-corrected chi connectivity index (χ0v) is 14.4. The smallest absolute Gasteiger partial charge is 0.252 e. The Hall–Kier alpha value is -2.86. The van der Waals surface area contributed by atoms with Crippen LogP contribution in [0.4, 0.5) is 0 Å². The molecule has 0 saturated carbocycles. The van der Waals surface area contributed by atoms with Crippen molar-refractivity contribution < 1.29 is 14.1 Å². The highest BCUT2D eigenvalue weighted by molar-refractivity contribution is 6.33. The lowest BCUT2D eigenvalue weighted by Crippen LogP contribution is -2.26. The molecule has 1 amide bonds. The summed E-state index contributed by atoms with van der Waals surface area (Å²) in [5, 5.41) is 7.28. The SMILES string of the molecule is COc1cccc(C(=O)N[C@H](C)c2nc(-c3ccccc3Cl)no2)c1. The molecule has 1 heterocycles. The number of ether oxygens (including phenoxy) is 1. The van der Waals surface area contributed by atoms with Gasteiger partial charge in [-0.2, -0.15) is 4.98 Å². The summed E-state index contributed by atoms with van der Waals surface area (Å²) in [4.78, 5) is 16.7. The molecule has 128 valence electrons. The normalized spacial score (nSPS) is 11.8. The third kappa shape index (κ3) is 3.80. The summed E-state index contributed by atoms with van der Waals surface area (Å²) in [6.07, 6.45) is 0. The molecule has 3 aromatic rings. The molecule has 0 aliphatic carbocycles. The predicted molar refractivity (Wildman–Crippen MR) is 93.6 cm³/mol. The molecule has 6 nitrogen and oxygen atoms in total. The van der Waals surface area contributed by atoms with Crippen LogP contribution in [0.2, 0.25) is 5.02 Å². The summed E-state index contributed by atoms with van der Waals surface area (Å²) < 4.78 is 10.4. The highest BCUT2D eigenvalue weighted by Crippen LogP contribution is 2.26. The van der Waals surface area contributed by atoms with E-state index in [1.807, 2.05) is 12.1 Å². The Morgan fingerprint density at radius 1 is 1.24 bits per heavy atom. The number of carbonyl (C=O) groups is 1. The zero-order valence-electron chi connectivity index (χ0n) is 13.7. The topological polar surface area (TPSA) is 77.2 Å². The second-order valence-corrected chi connectivity index (χ2v) is 5.77. The maximum absolute atomic E-state index is 12.3. The first-order valence-corrected chi connectivity index (χ1v) is 7.99. The summed E-state index contributed by atoms with van der Waals surface area (Å²) in [5.74, 6) is 1.03. The van der Waals surface area contributed by atoms with Crippen LogP contribution in [0.25, 0.3) is 11.4 Å². The summed E-state index contributed by atoms with van der Waals surface area (Å²) in [6, 6.07) is 13.6. The summed E-state index contributed by atoms with van der Waals surface area (Å²) in [5.41, 5.74) is 1.16. The van der Waals surface area contributed by atoms with Gasteiger partial charge in [0.1, 0.15) is 11.8 Å². The second kappa shape index (κ2) is 7.36. The molecule has 0 saturated heterocycles. The van der Waals surface area contributed by atoms with E-state index in [0.717, 1.165) is 0 Å². The largest absolute Gasteiger partial charge is 0.497 e. The molecular weight excluding hydrogens is 342 g/mol. The number of rotatable bonds is 5. The van der Waals surface area contributed by atoms with Crippen LogP contribution in [-0.4, -0.2) is 23.2 Å². The lowest BCUT2D eigenvalue weighted by molar-refractivity contribution is 0.0932. The van der Waals surface area contributed by atoms with Gasteiger partial charge in [-0.05, 0) is 37.3 Å². The summed E-state index contributed by atoms with van der Waals surface area (Å²) in [6.45, 7) is 1.77. The van der Waals surface area contributed by atoms with Gasteiger partial charge in [0.25, 0.3) is 5.91 Å². The Bertz CT molecular complexity index is 895. The van der Waals surface area contributed by atoms with Crippen LogP contribution < -0.4 is 10.1 Å². The first kappa shape index (κ1) is 17.0. The van der Waals surface area contributed by atoms with E-state index in [1.165, 1.54) is 0 Å². The molecule has 0 aliphatic rings. The van der Waals surface area contributed by atoms with Gasteiger partial charge in [0, 0.05) is 11.1 Å². The number of hydrogen-bond acceptors (Lipinski definition) is 5. The van der Waals surface area contributed by atoms with Crippen molar-refractivity contribution in [1.82, 2.24) is 15.5 Å². The Kier molecular flexibility index (Phi) is 5.00. The maximum atomic E-state index is 12.3. The van der Waals surface area contributed by atoms with E-state index in [9.17, 15) is 4.79 Å². The Morgan fingerprint density at radius 3 is 2.80 bits per heavy atom. The molecule has 1 atom stereocenters. The lowest BCUT2D eigenvalue weighted by Gasteiger charge is -2.10. The van der Waals surface area contributed by atoms with Crippen molar-refractivity contribution in [2.45, 2.75) is 13.0 Å². The fourth-order valence-electron chi connectivity index (χ4n) is 2.27. The molecule has 1 N–H and O–H groups in total. The van der Waals surface area contributed by atoms with Gasteiger partial charge < -0.3 is 14.6 Å². The third-order valence-corrected chi connectivity index (χ3v) is 3.94. The first-order chi connectivity index (χ1) is 12.1. The molecule has 0 aliphatic heterocycles. The van der Waals surface area contributed by atoms with Crippen LogP contribution in [0.1, 0.15) is 29.2 Å². The molecule has 1 aromatic heterocycles. The predicted octanol–water partition coefficient (Wildman–Crippen LogP) is 3.89. The highest BCUT2D eigenvalue weighted by Gasteiger charge is 2.19. The van der Waals surface area contributed by atoms with Crippen LogP contribution in [0, 0.1) is 0 Å². The number of halogens is 1. The van der Waals surface area contributed by atoms with E-state index in [1.54, 1.807) is 50.4 Å². The number of benzene rings is 2. The molecule has 0 radical (unpaired) electrons. The van der Waals surface area contributed by atoms with Crippen LogP contribution in [0.15, 0.2) is 53.1 Å². The second-order valence-electron chi connectivity index (χ2n) is 5.36. The zero-order chi connectivity index (χ0) is 17.8. The van der Waals surface area contributed by atoms with E-state index in [2.05, 4.69) is 15.5 Å². The van der Waals surface area contributed by atoms with Crippen molar-refractivity contribution in [2.24, 2.45) is 0 Å². The van der Waals surface area contributed by atoms with Crippen LogP contribution in [-0.2, 0) is 0 Å². The number of aromatic nitrogens is 2. The molecule has 7 heteroatoms. The summed E-state index contributed by atoms with van der Waals surface area (Å²) in [7, 11) is 1.55. The minimum Gasteiger partial charge on any atom is -0.497 e. The standard InChI is InChI=1S/C18H16ClN3O3/c1-11(20-17(23)12-6-5-7-13(10-12)24-2)18-21-16(22-25-18)14-8-3-4-9-15(14)19/h3-11H,1-2H3,(H,20,23)/t11-/m1/s1. The van der Waals surface area contributed by atoms with Crippen molar-refractivity contribution in [3.05, 3.63) is 65.0 Å². The minimum atomic E-state index is -0.456. The monoisotopic (exact) mass is 357 g/mol. The minimum absolute atomic E-state index is 0.260. The molecule has 0 fully saturated rings. The average molecular weight is 358 g/mol. The number of nitrogens with zero attached hydrogens (tertiary/aromatic N) is 2. The fraction of sp³-hybridized carbons (Fsp3) is 0.167. The molecular formula is C18H16ClN3O3.